The van der Waals surface area contributed by atoms with Crippen molar-refractivity contribution in [2.45, 2.75) is 33.2 Å². The van der Waals surface area contributed by atoms with Crippen LogP contribution in [0.2, 0.25) is 0 Å². The minimum atomic E-state index is -0.237. The summed E-state index contributed by atoms with van der Waals surface area (Å²) < 4.78 is 10.9. The highest BCUT2D eigenvalue weighted by atomic mass is 35.5. The number of benzene rings is 2. The molecule has 30 heavy (non-hydrogen) atoms. The topological polar surface area (TPSA) is 59.6 Å². The quantitative estimate of drug-likeness (QED) is 0.524. The number of rotatable bonds is 9. The molecular weight excluding hydrogens is 400 g/mol. The van der Waals surface area contributed by atoms with E-state index in [1.165, 1.54) is 5.56 Å². The average Bonchev–Trinajstić information content (AvgIpc) is 2.76. The van der Waals surface area contributed by atoms with Gasteiger partial charge in [0, 0.05) is 24.1 Å². The summed E-state index contributed by atoms with van der Waals surface area (Å²) in [5.41, 5.74) is 5.47. The van der Waals surface area contributed by atoms with E-state index in [-0.39, 0.29) is 12.1 Å². The van der Waals surface area contributed by atoms with Crippen molar-refractivity contribution in [2.75, 3.05) is 26.6 Å². The molecule has 1 atom stereocenters. The minimum Gasteiger partial charge on any atom is -0.497 e. The largest absolute Gasteiger partial charge is 0.497 e. The van der Waals surface area contributed by atoms with Crippen LogP contribution < -0.4 is 20.1 Å². The first-order valence-corrected chi connectivity index (χ1v) is 10.5. The molecule has 2 aromatic carbocycles. The van der Waals surface area contributed by atoms with E-state index in [4.69, 9.17) is 21.1 Å². The van der Waals surface area contributed by atoms with Crippen molar-refractivity contribution in [1.82, 2.24) is 10.6 Å². The number of carbonyl (C=O) groups excluding carboxylic acids is 1. The molecular formula is C24H31ClN2O3. The van der Waals surface area contributed by atoms with Crippen LogP contribution in [0.3, 0.4) is 0 Å². The zero-order valence-corrected chi connectivity index (χ0v) is 19.1. The van der Waals surface area contributed by atoms with Gasteiger partial charge in [-0.15, -0.1) is 11.6 Å². The van der Waals surface area contributed by atoms with Crippen LogP contribution in [0.5, 0.6) is 11.5 Å². The van der Waals surface area contributed by atoms with Gasteiger partial charge >= 0.3 is 6.03 Å². The fraction of sp³-hybridized carbons (Fsp3) is 0.375. The predicted octanol–water partition coefficient (Wildman–Crippen LogP) is 5.39. The zero-order valence-electron chi connectivity index (χ0n) is 18.3. The van der Waals surface area contributed by atoms with Gasteiger partial charge in [0.05, 0.1) is 20.3 Å². The minimum absolute atomic E-state index is 0.210. The van der Waals surface area contributed by atoms with Crippen LogP contribution in [-0.2, 0) is 0 Å². The monoisotopic (exact) mass is 430 g/mol. The standard InChI is InChI=1S/C24H31ClN2O3/c1-6-18(21-11-10-19(29-4)15-23(21)30-5)14-22(27-24(28)26-13-12-25)20-9-7-8-16(2)17(20)3/h6-11,15,22H,12-14H2,1-5H3,(H2,26,27,28)/b18-6+. The van der Waals surface area contributed by atoms with E-state index in [1.807, 2.05) is 31.2 Å². The van der Waals surface area contributed by atoms with Gasteiger partial charge in [0.25, 0.3) is 0 Å². The van der Waals surface area contributed by atoms with Gasteiger partial charge in [0.2, 0.25) is 0 Å². The molecule has 0 saturated heterocycles. The molecule has 1 unspecified atom stereocenters. The average molecular weight is 431 g/mol. The maximum absolute atomic E-state index is 12.5. The molecule has 0 saturated carbocycles. The third-order valence-corrected chi connectivity index (χ3v) is 5.42. The van der Waals surface area contributed by atoms with Gasteiger partial charge in [-0.3, -0.25) is 0 Å². The van der Waals surface area contributed by atoms with Crippen molar-refractivity contribution in [3.05, 3.63) is 64.7 Å². The Bertz CT molecular complexity index is 896. The smallest absolute Gasteiger partial charge is 0.315 e. The normalized spacial score (nSPS) is 12.3. The number of alkyl halides is 1. The summed E-state index contributed by atoms with van der Waals surface area (Å²) in [4.78, 5) is 12.5. The molecule has 6 heteroatoms. The number of amides is 2. The third-order valence-electron chi connectivity index (χ3n) is 5.23. The number of methoxy groups -OCH3 is 2. The second-order valence-corrected chi connectivity index (χ2v) is 7.39. The molecule has 2 N–H and O–H groups in total. The molecule has 0 aliphatic rings. The molecule has 0 spiro atoms. The first-order valence-electron chi connectivity index (χ1n) is 9.99. The molecule has 0 heterocycles. The van der Waals surface area contributed by atoms with E-state index in [0.717, 1.165) is 33.8 Å². The number of nitrogens with one attached hydrogen (secondary N) is 2. The fourth-order valence-electron chi connectivity index (χ4n) is 3.43. The molecule has 0 aliphatic carbocycles. The van der Waals surface area contributed by atoms with Crippen LogP contribution >= 0.6 is 11.6 Å². The van der Waals surface area contributed by atoms with E-state index >= 15 is 0 Å². The van der Waals surface area contributed by atoms with E-state index in [9.17, 15) is 4.79 Å². The van der Waals surface area contributed by atoms with E-state index in [0.29, 0.717) is 18.8 Å². The van der Waals surface area contributed by atoms with Gasteiger partial charge in [0.1, 0.15) is 11.5 Å². The molecule has 5 nitrogen and oxygen atoms in total. The maximum atomic E-state index is 12.5. The van der Waals surface area contributed by atoms with E-state index in [2.05, 4.69) is 42.7 Å². The van der Waals surface area contributed by atoms with Crippen LogP contribution in [-0.4, -0.2) is 32.7 Å². The zero-order chi connectivity index (χ0) is 22.1. The summed E-state index contributed by atoms with van der Waals surface area (Å²) in [7, 11) is 3.27. The highest BCUT2D eigenvalue weighted by Gasteiger charge is 2.21. The van der Waals surface area contributed by atoms with Gasteiger partial charge < -0.3 is 20.1 Å². The molecule has 0 radical (unpaired) electrons. The Morgan fingerprint density at radius 3 is 2.57 bits per heavy atom. The molecule has 2 rings (SSSR count). The first kappa shape index (κ1) is 23.6. The lowest BCUT2D eigenvalue weighted by Gasteiger charge is -2.24. The molecule has 2 amide bonds. The van der Waals surface area contributed by atoms with Crippen molar-refractivity contribution < 1.29 is 14.3 Å². The molecule has 0 aromatic heterocycles. The van der Waals surface area contributed by atoms with Crippen LogP contribution in [0.15, 0.2) is 42.5 Å². The summed E-state index contributed by atoms with van der Waals surface area (Å²) in [6.45, 7) is 6.56. The van der Waals surface area contributed by atoms with Crippen molar-refractivity contribution in [3.63, 3.8) is 0 Å². The Balaban J connectivity index is 2.40. The summed E-state index contributed by atoms with van der Waals surface area (Å²) in [5, 5.41) is 5.91. The summed E-state index contributed by atoms with van der Waals surface area (Å²) >= 11 is 5.71. The first-order chi connectivity index (χ1) is 14.4. The Labute approximate surface area is 184 Å². The van der Waals surface area contributed by atoms with Gasteiger partial charge in [-0.2, -0.15) is 0 Å². The number of allylic oxidation sites excluding steroid dienone is 1. The third kappa shape index (κ3) is 5.92. The van der Waals surface area contributed by atoms with Crippen molar-refractivity contribution >= 4 is 23.2 Å². The van der Waals surface area contributed by atoms with Crippen molar-refractivity contribution in [1.29, 1.82) is 0 Å². The lowest BCUT2D eigenvalue weighted by atomic mass is 9.90. The number of carbonyl (C=O) groups is 1. The molecule has 0 fully saturated rings. The van der Waals surface area contributed by atoms with Crippen molar-refractivity contribution in [2.24, 2.45) is 0 Å². The maximum Gasteiger partial charge on any atom is 0.315 e. The number of urea groups is 1. The molecule has 2 aromatic rings. The van der Waals surface area contributed by atoms with E-state index in [1.54, 1.807) is 14.2 Å². The molecule has 0 bridgehead atoms. The van der Waals surface area contributed by atoms with Crippen molar-refractivity contribution in [3.8, 4) is 11.5 Å². The number of aryl methyl sites for hydroxylation is 1. The van der Waals surface area contributed by atoms with E-state index < -0.39 is 0 Å². The Kier molecular flexibility index (Phi) is 9.06. The van der Waals surface area contributed by atoms with Gasteiger partial charge in [-0.05, 0) is 61.6 Å². The summed E-state index contributed by atoms with van der Waals surface area (Å²) in [5.74, 6) is 1.83. The summed E-state index contributed by atoms with van der Waals surface area (Å²) in [6.07, 6.45) is 2.67. The second-order valence-electron chi connectivity index (χ2n) is 7.02. The summed E-state index contributed by atoms with van der Waals surface area (Å²) in [6, 6.07) is 11.5. The lowest BCUT2D eigenvalue weighted by molar-refractivity contribution is 0.238. The highest BCUT2D eigenvalue weighted by Crippen LogP contribution is 2.36. The van der Waals surface area contributed by atoms with Crippen LogP contribution in [0.4, 0.5) is 4.79 Å². The molecule has 162 valence electrons. The number of halogens is 1. The number of hydrogen-bond acceptors (Lipinski definition) is 3. The van der Waals surface area contributed by atoms with Crippen LogP contribution in [0.25, 0.3) is 5.57 Å². The number of ether oxygens (including phenoxy) is 2. The Morgan fingerprint density at radius 1 is 1.17 bits per heavy atom. The predicted molar refractivity (Wildman–Crippen MR) is 124 cm³/mol. The fourth-order valence-corrected chi connectivity index (χ4v) is 3.52. The van der Waals surface area contributed by atoms with Gasteiger partial charge in [-0.1, -0.05) is 24.3 Å². The number of hydrogen-bond donors (Lipinski definition) is 2. The Morgan fingerprint density at radius 2 is 1.93 bits per heavy atom. The SMILES string of the molecule is C/C=C(\CC(NC(=O)NCCCl)c1cccc(C)c1C)c1ccc(OC)cc1OC. The highest BCUT2D eigenvalue weighted by molar-refractivity contribution is 6.18. The lowest BCUT2D eigenvalue weighted by Crippen LogP contribution is -2.39. The molecule has 0 aliphatic heterocycles. The Hall–Kier alpha value is -2.66. The second kappa shape index (κ2) is 11.5. The van der Waals surface area contributed by atoms with Crippen LogP contribution in [0, 0.1) is 13.8 Å². The van der Waals surface area contributed by atoms with Gasteiger partial charge in [-0.25, -0.2) is 4.79 Å². The van der Waals surface area contributed by atoms with Crippen LogP contribution in [0.1, 0.15) is 41.6 Å². The van der Waals surface area contributed by atoms with Gasteiger partial charge in [0.15, 0.2) is 0 Å².